The van der Waals surface area contributed by atoms with E-state index < -0.39 is 18.0 Å². The van der Waals surface area contributed by atoms with Gasteiger partial charge in [-0.3, -0.25) is 9.59 Å². The summed E-state index contributed by atoms with van der Waals surface area (Å²) < 4.78 is 5.96. The molecule has 0 aliphatic rings. The Morgan fingerprint density at radius 3 is 2.42 bits per heavy atom. The first-order valence-electron chi connectivity index (χ1n) is 5.76. The maximum atomic E-state index is 11.7. The summed E-state index contributed by atoms with van der Waals surface area (Å²) in [5.74, 6) is -0.360. The lowest BCUT2D eigenvalue weighted by molar-refractivity contribution is -0.152. The van der Waals surface area contributed by atoms with Gasteiger partial charge in [-0.25, -0.2) is 0 Å². The molecule has 0 saturated carbocycles. The van der Waals surface area contributed by atoms with Crippen LogP contribution in [0.3, 0.4) is 0 Å². The molecule has 0 radical (unpaired) electrons. The van der Waals surface area contributed by atoms with E-state index in [9.17, 15) is 9.59 Å². The fourth-order valence-corrected chi connectivity index (χ4v) is 2.29. The molecule has 1 aromatic carbocycles. The van der Waals surface area contributed by atoms with Crippen molar-refractivity contribution in [3.63, 3.8) is 0 Å². The number of rotatable bonds is 6. The molecule has 104 valence electrons. The summed E-state index contributed by atoms with van der Waals surface area (Å²) >= 11 is 4.82. The first kappa shape index (κ1) is 16.0. The highest BCUT2D eigenvalue weighted by Crippen LogP contribution is 2.20. The van der Waals surface area contributed by atoms with Crippen molar-refractivity contribution in [1.82, 2.24) is 0 Å². The van der Waals surface area contributed by atoms with E-state index in [4.69, 9.17) is 10.5 Å². The highest BCUT2D eigenvalue weighted by molar-refractivity contribution is 9.10. The fraction of sp³-hybridized carbons (Fsp3) is 0.385. The normalized spacial score (nSPS) is 13.6. The number of ether oxygens (including phenoxy) is 1. The number of carbonyl (C=O) groups is 2. The fourth-order valence-electron chi connectivity index (χ4n) is 1.20. The summed E-state index contributed by atoms with van der Waals surface area (Å²) in [5.41, 5.74) is 6.16. The number of amides is 1. The van der Waals surface area contributed by atoms with Gasteiger partial charge in [-0.05, 0) is 31.5 Å². The van der Waals surface area contributed by atoms with Crippen molar-refractivity contribution in [2.75, 3.05) is 0 Å². The van der Waals surface area contributed by atoms with Crippen LogP contribution in [0, 0.1) is 0 Å². The summed E-state index contributed by atoms with van der Waals surface area (Å²) in [5, 5.41) is -0.342. The zero-order valence-corrected chi connectivity index (χ0v) is 13.2. The summed E-state index contributed by atoms with van der Waals surface area (Å²) in [6, 6.07) is 7.88. The predicted molar refractivity (Wildman–Crippen MR) is 79.6 cm³/mol. The Labute approximate surface area is 125 Å². The zero-order valence-electron chi connectivity index (χ0n) is 10.8. The lowest BCUT2D eigenvalue weighted by atomic mass is 10.2. The molecule has 2 N–H and O–H groups in total. The minimum absolute atomic E-state index is 0.342. The molecule has 0 aliphatic carbocycles. The van der Waals surface area contributed by atoms with E-state index in [-0.39, 0.29) is 5.25 Å². The molecule has 19 heavy (non-hydrogen) atoms. The van der Waals surface area contributed by atoms with Crippen LogP contribution in [0.4, 0.5) is 0 Å². The average Bonchev–Trinajstić information content (AvgIpc) is 2.37. The quantitative estimate of drug-likeness (QED) is 0.804. The van der Waals surface area contributed by atoms with Crippen LogP contribution in [-0.4, -0.2) is 23.2 Å². The number of hydrogen-bond donors (Lipinski definition) is 1. The highest BCUT2D eigenvalue weighted by atomic mass is 79.9. The summed E-state index contributed by atoms with van der Waals surface area (Å²) in [6.45, 7) is 3.21. The van der Waals surface area contributed by atoms with Crippen LogP contribution < -0.4 is 5.73 Å². The van der Waals surface area contributed by atoms with Crippen molar-refractivity contribution in [3.05, 3.63) is 34.3 Å². The van der Waals surface area contributed by atoms with E-state index in [0.717, 1.165) is 10.0 Å². The molecule has 1 aromatic rings. The molecular weight excluding hydrogens is 330 g/mol. The number of halogens is 1. The van der Waals surface area contributed by atoms with Gasteiger partial charge >= 0.3 is 5.97 Å². The predicted octanol–water partition coefficient (Wildman–Crippen LogP) is 2.49. The van der Waals surface area contributed by atoms with Crippen molar-refractivity contribution in [1.29, 1.82) is 0 Å². The second-order valence-corrected chi connectivity index (χ2v) is 6.31. The van der Waals surface area contributed by atoms with Gasteiger partial charge in [0.1, 0.15) is 0 Å². The number of carbonyl (C=O) groups excluding carboxylic acids is 2. The Hall–Kier alpha value is -1.01. The van der Waals surface area contributed by atoms with Crippen LogP contribution in [0.5, 0.6) is 0 Å². The monoisotopic (exact) mass is 345 g/mol. The van der Waals surface area contributed by atoms with E-state index >= 15 is 0 Å². The van der Waals surface area contributed by atoms with Crippen LogP contribution in [0.1, 0.15) is 19.4 Å². The van der Waals surface area contributed by atoms with Gasteiger partial charge in [0.2, 0.25) is 0 Å². The molecule has 0 bridgehead atoms. The maximum absolute atomic E-state index is 11.7. The molecule has 2 atom stereocenters. The SMILES string of the molecule is C[C@@H](OC(=O)[C@@H](C)SCc1ccc(Br)cc1)C(N)=O. The van der Waals surface area contributed by atoms with Gasteiger partial charge in [-0.2, -0.15) is 0 Å². The average molecular weight is 346 g/mol. The van der Waals surface area contributed by atoms with Crippen LogP contribution in [0.2, 0.25) is 0 Å². The molecule has 0 saturated heterocycles. The number of esters is 1. The Morgan fingerprint density at radius 2 is 1.89 bits per heavy atom. The van der Waals surface area contributed by atoms with E-state index in [2.05, 4.69) is 15.9 Å². The first-order valence-corrected chi connectivity index (χ1v) is 7.60. The van der Waals surface area contributed by atoms with Crippen LogP contribution in [0.15, 0.2) is 28.7 Å². The molecule has 0 unspecified atom stereocenters. The van der Waals surface area contributed by atoms with Gasteiger partial charge in [-0.15, -0.1) is 11.8 Å². The Morgan fingerprint density at radius 1 is 1.32 bits per heavy atom. The molecule has 4 nitrogen and oxygen atoms in total. The van der Waals surface area contributed by atoms with Crippen LogP contribution in [0.25, 0.3) is 0 Å². The van der Waals surface area contributed by atoms with Gasteiger partial charge in [0.05, 0.1) is 5.25 Å². The smallest absolute Gasteiger partial charge is 0.319 e. The standard InChI is InChI=1S/C13H16BrNO3S/c1-8(12(15)16)18-13(17)9(2)19-7-10-3-5-11(14)6-4-10/h3-6,8-9H,7H2,1-2H3,(H2,15,16)/t8-,9-/m1/s1. The number of thioether (sulfide) groups is 1. The highest BCUT2D eigenvalue weighted by Gasteiger charge is 2.20. The number of benzene rings is 1. The Balaban J connectivity index is 2.42. The van der Waals surface area contributed by atoms with Crippen LogP contribution >= 0.6 is 27.7 Å². The third kappa shape index (κ3) is 5.65. The van der Waals surface area contributed by atoms with Gasteiger partial charge in [0.15, 0.2) is 6.10 Å². The van der Waals surface area contributed by atoms with Crippen molar-refractivity contribution >= 4 is 39.6 Å². The van der Waals surface area contributed by atoms with Crippen molar-refractivity contribution in [2.45, 2.75) is 31.0 Å². The third-order valence-electron chi connectivity index (χ3n) is 2.44. The van der Waals surface area contributed by atoms with E-state index in [1.54, 1.807) is 6.92 Å². The Bertz CT molecular complexity index is 450. The number of primary amides is 1. The van der Waals surface area contributed by atoms with E-state index in [1.165, 1.54) is 18.7 Å². The molecule has 0 aromatic heterocycles. The van der Waals surface area contributed by atoms with Gasteiger partial charge in [0.25, 0.3) is 5.91 Å². The second kappa shape index (κ2) is 7.55. The van der Waals surface area contributed by atoms with Gasteiger partial charge in [0, 0.05) is 10.2 Å². The molecule has 1 rings (SSSR count). The summed E-state index contributed by atoms with van der Waals surface area (Å²) in [4.78, 5) is 22.5. The van der Waals surface area contributed by atoms with Crippen molar-refractivity contribution in [3.8, 4) is 0 Å². The van der Waals surface area contributed by atoms with Crippen molar-refractivity contribution in [2.24, 2.45) is 5.73 Å². The minimum atomic E-state index is -0.886. The molecule has 1 amide bonds. The largest absolute Gasteiger partial charge is 0.452 e. The number of nitrogens with two attached hydrogens (primary N) is 1. The lowest BCUT2D eigenvalue weighted by Crippen LogP contribution is -2.33. The lowest BCUT2D eigenvalue weighted by Gasteiger charge is -2.14. The molecule has 0 spiro atoms. The summed E-state index contributed by atoms with van der Waals surface area (Å²) in [7, 11) is 0. The molecule has 0 aliphatic heterocycles. The summed E-state index contributed by atoms with van der Waals surface area (Å²) in [6.07, 6.45) is -0.886. The number of hydrogen-bond acceptors (Lipinski definition) is 4. The van der Waals surface area contributed by atoms with E-state index in [1.807, 2.05) is 24.3 Å². The Kier molecular flexibility index (Phi) is 6.37. The molecule has 0 heterocycles. The third-order valence-corrected chi connectivity index (χ3v) is 4.16. The van der Waals surface area contributed by atoms with Crippen LogP contribution in [-0.2, 0) is 20.1 Å². The van der Waals surface area contributed by atoms with Gasteiger partial charge < -0.3 is 10.5 Å². The first-order chi connectivity index (χ1) is 8.90. The topological polar surface area (TPSA) is 69.4 Å². The zero-order chi connectivity index (χ0) is 14.4. The molecular formula is C13H16BrNO3S. The van der Waals surface area contributed by atoms with E-state index in [0.29, 0.717) is 5.75 Å². The van der Waals surface area contributed by atoms with Crippen molar-refractivity contribution < 1.29 is 14.3 Å². The molecule has 0 fully saturated rings. The molecule has 6 heteroatoms. The van der Waals surface area contributed by atoms with Gasteiger partial charge in [-0.1, -0.05) is 28.1 Å². The maximum Gasteiger partial charge on any atom is 0.319 e. The second-order valence-electron chi connectivity index (χ2n) is 4.06. The minimum Gasteiger partial charge on any atom is -0.452 e.